The van der Waals surface area contributed by atoms with Gasteiger partial charge in [0.05, 0.1) is 11.3 Å². The summed E-state index contributed by atoms with van der Waals surface area (Å²) >= 11 is 0. The van der Waals surface area contributed by atoms with Crippen molar-refractivity contribution in [2.24, 2.45) is 0 Å². The summed E-state index contributed by atoms with van der Waals surface area (Å²) in [5.74, 6) is 3.85. The van der Waals surface area contributed by atoms with Gasteiger partial charge in [0.2, 0.25) is 0 Å². The molecule has 0 spiro atoms. The maximum atomic E-state index is 5.88. The molecule has 0 aromatic heterocycles. The number of terminal acetylenes is 1. The van der Waals surface area contributed by atoms with Gasteiger partial charge in [0.1, 0.15) is 11.5 Å². The van der Waals surface area contributed by atoms with Crippen LogP contribution in [0.3, 0.4) is 0 Å². The molecular formula is C15H13NO. The molecule has 0 amide bonds. The molecule has 2 N–H and O–H groups in total. The molecule has 0 bridgehead atoms. The van der Waals surface area contributed by atoms with E-state index in [0.717, 1.165) is 5.56 Å². The van der Waals surface area contributed by atoms with Gasteiger partial charge < -0.3 is 10.5 Å². The first-order valence-corrected chi connectivity index (χ1v) is 5.30. The summed E-state index contributed by atoms with van der Waals surface area (Å²) in [6.45, 7) is 1.98. The van der Waals surface area contributed by atoms with Crippen molar-refractivity contribution >= 4 is 5.69 Å². The van der Waals surface area contributed by atoms with Crippen molar-refractivity contribution < 1.29 is 4.74 Å². The Morgan fingerprint density at radius 3 is 2.59 bits per heavy atom. The Bertz CT molecular complexity index is 582. The lowest BCUT2D eigenvalue weighted by molar-refractivity contribution is 0.483. The summed E-state index contributed by atoms with van der Waals surface area (Å²) < 4.78 is 5.72. The van der Waals surface area contributed by atoms with Crippen LogP contribution in [0.4, 0.5) is 5.69 Å². The van der Waals surface area contributed by atoms with Crippen molar-refractivity contribution in [1.29, 1.82) is 0 Å². The molecule has 2 nitrogen and oxygen atoms in total. The maximum absolute atomic E-state index is 5.88. The molecule has 0 saturated heterocycles. The van der Waals surface area contributed by atoms with Crippen molar-refractivity contribution in [3.05, 3.63) is 53.6 Å². The number of hydrogen-bond acceptors (Lipinski definition) is 2. The van der Waals surface area contributed by atoms with Gasteiger partial charge in [-0.2, -0.15) is 0 Å². The quantitative estimate of drug-likeness (QED) is 0.626. The van der Waals surface area contributed by atoms with Crippen LogP contribution in [0.2, 0.25) is 0 Å². The summed E-state index contributed by atoms with van der Waals surface area (Å²) in [5, 5.41) is 0. The fourth-order valence-corrected chi connectivity index (χ4v) is 1.55. The number of anilines is 1. The minimum atomic E-state index is 0.608. The lowest BCUT2D eigenvalue weighted by Crippen LogP contribution is -1.94. The average molecular weight is 223 g/mol. The predicted octanol–water partition coefficient (Wildman–Crippen LogP) is 3.35. The molecule has 2 rings (SSSR count). The molecule has 0 saturated carbocycles. The van der Waals surface area contributed by atoms with Crippen molar-refractivity contribution in [3.8, 4) is 23.8 Å². The van der Waals surface area contributed by atoms with Gasteiger partial charge in [-0.15, -0.1) is 6.42 Å². The predicted molar refractivity (Wildman–Crippen MR) is 70.0 cm³/mol. The monoisotopic (exact) mass is 223 g/mol. The summed E-state index contributed by atoms with van der Waals surface area (Å²) in [5.41, 5.74) is 8.30. The topological polar surface area (TPSA) is 35.2 Å². The molecule has 2 aromatic rings. The summed E-state index contributed by atoms with van der Waals surface area (Å²) in [4.78, 5) is 0. The number of rotatable bonds is 2. The molecule has 0 aliphatic carbocycles. The zero-order chi connectivity index (χ0) is 12.3. The SMILES string of the molecule is C#Cc1ccccc1Oc1ccc(C)cc1N. The second-order valence-corrected chi connectivity index (χ2v) is 3.78. The highest BCUT2D eigenvalue weighted by Crippen LogP contribution is 2.29. The van der Waals surface area contributed by atoms with Crippen molar-refractivity contribution in [1.82, 2.24) is 0 Å². The van der Waals surface area contributed by atoms with E-state index in [4.69, 9.17) is 16.9 Å². The van der Waals surface area contributed by atoms with E-state index >= 15 is 0 Å². The average Bonchev–Trinajstić information content (AvgIpc) is 2.33. The minimum absolute atomic E-state index is 0.608. The fourth-order valence-electron chi connectivity index (χ4n) is 1.55. The van der Waals surface area contributed by atoms with Crippen molar-refractivity contribution in [3.63, 3.8) is 0 Å². The molecule has 0 heterocycles. The zero-order valence-corrected chi connectivity index (χ0v) is 9.60. The van der Waals surface area contributed by atoms with Crippen LogP contribution >= 0.6 is 0 Å². The number of ether oxygens (including phenoxy) is 1. The van der Waals surface area contributed by atoms with Gasteiger partial charge in [0.15, 0.2) is 0 Å². The van der Waals surface area contributed by atoms with Crippen LogP contribution in [-0.2, 0) is 0 Å². The van der Waals surface area contributed by atoms with E-state index in [1.165, 1.54) is 0 Å². The molecule has 0 radical (unpaired) electrons. The van der Waals surface area contributed by atoms with Crippen LogP contribution in [0, 0.1) is 19.3 Å². The van der Waals surface area contributed by atoms with Gasteiger partial charge in [-0.05, 0) is 36.8 Å². The van der Waals surface area contributed by atoms with Crippen molar-refractivity contribution in [2.45, 2.75) is 6.92 Å². The molecule has 0 aliphatic rings. The molecule has 17 heavy (non-hydrogen) atoms. The zero-order valence-electron chi connectivity index (χ0n) is 9.60. The maximum Gasteiger partial charge on any atom is 0.150 e. The Hall–Kier alpha value is -2.40. The molecule has 0 unspecified atom stereocenters. The summed E-state index contributed by atoms with van der Waals surface area (Å²) in [7, 11) is 0. The molecule has 84 valence electrons. The van der Waals surface area contributed by atoms with Gasteiger partial charge in [-0.3, -0.25) is 0 Å². The number of para-hydroxylation sites is 1. The Morgan fingerprint density at radius 2 is 1.88 bits per heavy atom. The molecule has 0 aliphatic heterocycles. The van der Waals surface area contributed by atoms with E-state index in [9.17, 15) is 0 Å². The molecular weight excluding hydrogens is 210 g/mol. The minimum Gasteiger partial charge on any atom is -0.454 e. The van der Waals surface area contributed by atoms with E-state index in [1.54, 1.807) is 0 Å². The van der Waals surface area contributed by atoms with Crippen LogP contribution in [0.25, 0.3) is 0 Å². The highest BCUT2D eigenvalue weighted by molar-refractivity contribution is 5.57. The first-order valence-electron chi connectivity index (χ1n) is 5.30. The van der Waals surface area contributed by atoms with E-state index in [2.05, 4.69) is 5.92 Å². The highest BCUT2D eigenvalue weighted by Gasteiger charge is 2.05. The second-order valence-electron chi connectivity index (χ2n) is 3.78. The van der Waals surface area contributed by atoms with Crippen LogP contribution in [0.5, 0.6) is 11.5 Å². The summed E-state index contributed by atoms with van der Waals surface area (Å²) in [6, 6.07) is 13.1. The third-order valence-corrected chi connectivity index (χ3v) is 2.43. The lowest BCUT2D eigenvalue weighted by atomic mass is 10.2. The number of benzene rings is 2. The smallest absolute Gasteiger partial charge is 0.150 e. The fraction of sp³-hybridized carbons (Fsp3) is 0.0667. The Morgan fingerprint density at radius 1 is 1.12 bits per heavy atom. The third kappa shape index (κ3) is 2.40. The van der Waals surface area contributed by atoms with Crippen LogP contribution < -0.4 is 10.5 Å². The van der Waals surface area contributed by atoms with Gasteiger partial charge >= 0.3 is 0 Å². The van der Waals surface area contributed by atoms with Gasteiger partial charge in [-0.25, -0.2) is 0 Å². The highest BCUT2D eigenvalue weighted by atomic mass is 16.5. The van der Waals surface area contributed by atoms with Crippen LogP contribution in [0.15, 0.2) is 42.5 Å². The number of nitrogen functional groups attached to an aromatic ring is 1. The second kappa shape index (κ2) is 4.63. The standard InChI is InChI=1S/C15H13NO/c1-3-12-6-4-5-7-14(12)17-15-9-8-11(2)10-13(15)16/h1,4-10H,16H2,2H3. The summed E-state index contributed by atoms with van der Waals surface area (Å²) in [6.07, 6.45) is 5.41. The lowest BCUT2D eigenvalue weighted by Gasteiger charge is -2.10. The van der Waals surface area contributed by atoms with Crippen LogP contribution in [0.1, 0.15) is 11.1 Å². The van der Waals surface area contributed by atoms with E-state index in [1.807, 2.05) is 49.4 Å². The number of hydrogen-bond donors (Lipinski definition) is 1. The molecule has 0 fully saturated rings. The van der Waals surface area contributed by atoms with E-state index in [0.29, 0.717) is 22.7 Å². The first-order chi connectivity index (χ1) is 8.20. The molecule has 0 atom stereocenters. The van der Waals surface area contributed by atoms with Gasteiger partial charge in [0.25, 0.3) is 0 Å². The Kier molecular flexibility index (Phi) is 3.02. The van der Waals surface area contributed by atoms with E-state index in [-0.39, 0.29) is 0 Å². The molecule has 2 heteroatoms. The largest absolute Gasteiger partial charge is 0.454 e. The number of aryl methyl sites for hydroxylation is 1. The first kappa shape index (κ1) is 11.1. The number of nitrogens with two attached hydrogens (primary N) is 1. The third-order valence-electron chi connectivity index (χ3n) is 2.43. The van der Waals surface area contributed by atoms with E-state index < -0.39 is 0 Å². The van der Waals surface area contributed by atoms with Crippen LogP contribution in [-0.4, -0.2) is 0 Å². The normalized spacial score (nSPS) is 9.65. The van der Waals surface area contributed by atoms with Gasteiger partial charge in [-0.1, -0.05) is 24.1 Å². The van der Waals surface area contributed by atoms with Crippen molar-refractivity contribution in [2.75, 3.05) is 5.73 Å². The Balaban J connectivity index is 2.35. The Labute approximate surface area is 101 Å². The van der Waals surface area contributed by atoms with Gasteiger partial charge in [0, 0.05) is 0 Å². The molecule has 2 aromatic carbocycles.